The second-order valence-corrected chi connectivity index (χ2v) is 5.80. The first kappa shape index (κ1) is 13.5. The van der Waals surface area contributed by atoms with E-state index >= 15 is 0 Å². The van der Waals surface area contributed by atoms with Crippen LogP contribution in [0.5, 0.6) is 0 Å². The number of hydrogen-bond acceptors (Lipinski definition) is 2. The van der Waals surface area contributed by atoms with E-state index in [0.717, 1.165) is 24.8 Å². The highest BCUT2D eigenvalue weighted by molar-refractivity contribution is 5.12. The van der Waals surface area contributed by atoms with Crippen LogP contribution in [0.2, 0.25) is 0 Å². The highest BCUT2D eigenvalue weighted by atomic mass is 14.9. The van der Waals surface area contributed by atoms with Gasteiger partial charge in [-0.15, -0.1) is 0 Å². The van der Waals surface area contributed by atoms with Crippen molar-refractivity contribution in [2.75, 3.05) is 6.54 Å². The molecule has 100 valence electrons. The predicted molar refractivity (Wildman–Crippen MR) is 76.5 cm³/mol. The van der Waals surface area contributed by atoms with Crippen LogP contribution in [0.15, 0.2) is 24.5 Å². The summed E-state index contributed by atoms with van der Waals surface area (Å²) >= 11 is 0. The van der Waals surface area contributed by atoms with Crippen LogP contribution >= 0.6 is 0 Å². The Morgan fingerprint density at radius 2 is 2.11 bits per heavy atom. The Kier molecular flexibility index (Phi) is 5.18. The number of rotatable bonds is 6. The van der Waals surface area contributed by atoms with Gasteiger partial charge in [0.25, 0.3) is 0 Å². The van der Waals surface area contributed by atoms with Crippen LogP contribution in [0, 0.1) is 11.8 Å². The van der Waals surface area contributed by atoms with Gasteiger partial charge in [0.05, 0.1) is 0 Å². The summed E-state index contributed by atoms with van der Waals surface area (Å²) in [6, 6.07) is 4.95. The van der Waals surface area contributed by atoms with Crippen LogP contribution in [0.4, 0.5) is 0 Å². The normalized spacial score (nSPS) is 25.2. The van der Waals surface area contributed by atoms with Gasteiger partial charge in [0.2, 0.25) is 0 Å². The quantitative estimate of drug-likeness (QED) is 0.832. The summed E-state index contributed by atoms with van der Waals surface area (Å²) in [6.07, 6.45) is 10.4. The number of nitrogens with one attached hydrogen (secondary N) is 1. The van der Waals surface area contributed by atoms with Crippen molar-refractivity contribution in [3.8, 4) is 0 Å². The maximum atomic E-state index is 4.10. The van der Waals surface area contributed by atoms with Crippen LogP contribution in [-0.4, -0.2) is 17.6 Å². The van der Waals surface area contributed by atoms with Crippen LogP contribution < -0.4 is 5.32 Å². The number of pyridine rings is 1. The summed E-state index contributed by atoms with van der Waals surface area (Å²) in [6.45, 7) is 5.78. The largest absolute Gasteiger partial charge is 0.313 e. The Labute approximate surface area is 111 Å². The first-order chi connectivity index (χ1) is 8.79. The minimum Gasteiger partial charge on any atom is -0.313 e. The smallest absolute Gasteiger partial charge is 0.0270 e. The fraction of sp³-hybridized carbons (Fsp3) is 0.688. The molecule has 0 aromatic carbocycles. The van der Waals surface area contributed by atoms with E-state index in [1.807, 2.05) is 12.4 Å². The maximum Gasteiger partial charge on any atom is 0.0270 e. The molecule has 2 nitrogen and oxygen atoms in total. The molecule has 1 heterocycles. The Morgan fingerprint density at radius 1 is 1.33 bits per heavy atom. The van der Waals surface area contributed by atoms with Gasteiger partial charge in [0.1, 0.15) is 0 Å². The SMILES string of the molecule is CCCNC(Cc1ccncc1)C1CCC(C)C1. The van der Waals surface area contributed by atoms with Gasteiger partial charge in [-0.2, -0.15) is 0 Å². The molecule has 2 heteroatoms. The Morgan fingerprint density at radius 3 is 2.72 bits per heavy atom. The number of hydrogen-bond donors (Lipinski definition) is 1. The van der Waals surface area contributed by atoms with Crippen molar-refractivity contribution in [3.05, 3.63) is 30.1 Å². The molecular weight excluding hydrogens is 220 g/mol. The highest BCUT2D eigenvalue weighted by Crippen LogP contribution is 2.33. The lowest BCUT2D eigenvalue weighted by molar-refractivity contribution is 0.348. The molecule has 18 heavy (non-hydrogen) atoms. The topological polar surface area (TPSA) is 24.9 Å². The molecule has 1 aromatic rings. The van der Waals surface area contributed by atoms with E-state index in [4.69, 9.17) is 0 Å². The van der Waals surface area contributed by atoms with E-state index < -0.39 is 0 Å². The van der Waals surface area contributed by atoms with Gasteiger partial charge in [0.15, 0.2) is 0 Å². The fourth-order valence-electron chi connectivity index (χ4n) is 3.12. The van der Waals surface area contributed by atoms with Crippen molar-refractivity contribution in [1.29, 1.82) is 0 Å². The number of aromatic nitrogens is 1. The van der Waals surface area contributed by atoms with Gasteiger partial charge in [0, 0.05) is 18.4 Å². The molecule has 1 aromatic heterocycles. The van der Waals surface area contributed by atoms with Gasteiger partial charge >= 0.3 is 0 Å². The maximum absolute atomic E-state index is 4.10. The summed E-state index contributed by atoms with van der Waals surface area (Å²) in [5.74, 6) is 1.78. The summed E-state index contributed by atoms with van der Waals surface area (Å²) in [5.41, 5.74) is 1.41. The monoisotopic (exact) mass is 246 g/mol. The molecule has 3 unspecified atom stereocenters. The second kappa shape index (κ2) is 6.89. The Bertz CT molecular complexity index is 336. The lowest BCUT2D eigenvalue weighted by Gasteiger charge is -2.25. The summed E-state index contributed by atoms with van der Waals surface area (Å²) in [7, 11) is 0. The zero-order valence-corrected chi connectivity index (χ0v) is 11.7. The van der Waals surface area contributed by atoms with Crippen molar-refractivity contribution in [1.82, 2.24) is 10.3 Å². The third kappa shape index (κ3) is 3.81. The van der Waals surface area contributed by atoms with Crippen LogP contribution in [0.3, 0.4) is 0 Å². The van der Waals surface area contributed by atoms with Gasteiger partial charge in [-0.3, -0.25) is 4.98 Å². The van der Waals surface area contributed by atoms with Crippen molar-refractivity contribution >= 4 is 0 Å². The Hall–Kier alpha value is -0.890. The predicted octanol–water partition coefficient (Wildman–Crippen LogP) is 3.43. The fourth-order valence-corrected chi connectivity index (χ4v) is 3.12. The van der Waals surface area contributed by atoms with E-state index in [0.29, 0.717) is 6.04 Å². The lowest BCUT2D eigenvalue weighted by Crippen LogP contribution is -2.37. The van der Waals surface area contributed by atoms with E-state index in [-0.39, 0.29) is 0 Å². The zero-order chi connectivity index (χ0) is 12.8. The first-order valence-electron chi connectivity index (χ1n) is 7.42. The highest BCUT2D eigenvalue weighted by Gasteiger charge is 2.28. The summed E-state index contributed by atoms with van der Waals surface area (Å²) in [4.78, 5) is 4.10. The third-order valence-corrected chi connectivity index (χ3v) is 4.17. The third-order valence-electron chi connectivity index (χ3n) is 4.17. The molecule has 0 saturated heterocycles. The molecule has 1 fully saturated rings. The molecule has 1 aliphatic carbocycles. The van der Waals surface area contributed by atoms with Crippen molar-refractivity contribution in [2.45, 2.75) is 52.0 Å². The lowest BCUT2D eigenvalue weighted by atomic mass is 9.91. The molecule has 0 radical (unpaired) electrons. The van der Waals surface area contributed by atoms with Crippen molar-refractivity contribution in [3.63, 3.8) is 0 Å². The second-order valence-electron chi connectivity index (χ2n) is 5.80. The molecule has 1 N–H and O–H groups in total. The number of nitrogens with zero attached hydrogens (tertiary/aromatic N) is 1. The average molecular weight is 246 g/mol. The first-order valence-corrected chi connectivity index (χ1v) is 7.42. The molecule has 1 saturated carbocycles. The minimum atomic E-state index is 0.650. The molecule has 0 aliphatic heterocycles. The standard InChI is InChI=1S/C16H26N2/c1-3-8-18-16(15-5-4-13(2)11-15)12-14-6-9-17-10-7-14/h6-7,9-10,13,15-16,18H,3-5,8,11-12H2,1-2H3. The zero-order valence-electron chi connectivity index (χ0n) is 11.7. The molecule has 1 aliphatic rings. The molecular formula is C16H26N2. The van der Waals surface area contributed by atoms with Gasteiger partial charge < -0.3 is 5.32 Å². The minimum absolute atomic E-state index is 0.650. The van der Waals surface area contributed by atoms with Crippen LogP contribution in [0.1, 0.15) is 45.1 Å². The molecule has 3 atom stereocenters. The molecule has 0 spiro atoms. The van der Waals surface area contributed by atoms with E-state index in [1.165, 1.54) is 31.2 Å². The molecule has 0 bridgehead atoms. The van der Waals surface area contributed by atoms with Crippen LogP contribution in [0.25, 0.3) is 0 Å². The van der Waals surface area contributed by atoms with E-state index in [1.54, 1.807) is 0 Å². The van der Waals surface area contributed by atoms with Crippen molar-refractivity contribution < 1.29 is 0 Å². The molecule has 2 rings (SSSR count). The van der Waals surface area contributed by atoms with Gasteiger partial charge in [-0.05, 0) is 61.8 Å². The van der Waals surface area contributed by atoms with E-state index in [2.05, 4.69) is 36.3 Å². The van der Waals surface area contributed by atoms with E-state index in [9.17, 15) is 0 Å². The van der Waals surface area contributed by atoms with Gasteiger partial charge in [-0.25, -0.2) is 0 Å². The molecule has 0 amide bonds. The van der Waals surface area contributed by atoms with Crippen molar-refractivity contribution in [2.24, 2.45) is 11.8 Å². The van der Waals surface area contributed by atoms with Gasteiger partial charge in [-0.1, -0.05) is 20.3 Å². The summed E-state index contributed by atoms with van der Waals surface area (Å²) in [5, 5.41) is 3.76. The Balaban J connectivity index is 1.96. The van der Waals surface area contributed by atoms with Crippen LogP contribution in [-0.2, 0) is 6.42 Å². The average Bonchev–Trinajstić information content (AvgIpc) is 2.82. The summed E-state index contributed by atoms with van der Waals surface area (Å²) < 4.78 is 0.